The quantitative estimate of drug-likeness (QED) is 0.644. The number of hydrogen-bond acceptors (Lipinski definition) is 3. The van der Waals surface area contributed by atoms with Crippen LogP contribution in [0.2, 0.25) is 0 Å². The highest BCUT2D eigenvalue weighted by Gasteiger charge is 2.22. The van der Waals surface area contributed by atoms with Crippen LogP contribution in [0.15, 0.2) is 35.5 Å². The molecule has 0 aromatic rings. The van der Waals surface area contributed by atoms with Crippen LogP contribution in [0, 0.1) is 11.8 Å². The minimum atomic E-state index is -1.03. The zero-order valence-corrected chi connectivity index (χ0v) is 15.3. The summed E-state index contributed by atoms with van der Waals surface area (Å²) < 4.78 is 0. The molecular weight excluding hydrogens is 288 g/mol. The molecule has 0 radical (unpaired) electrons. The lowest BCUT2D eigenvalue weighted by Gasteiger charge is -2.24. The Morgan fingerprint density at radius 3 is 2.30 bits per heavy atom. The number of aliphatic hydroxyl groups is 3. The SMILES string of the molecule is C/C1=C\[C@H](O)C/C(C)=C/[C@@H](O)C[C@](C)(O)/C=C/[C@@H](C(C)C)CC1. The van der Waals surface area contributed by atoms with Crippen molar-refractivity contribution in [2.75, 3.05) is 0 Å². The molecule has 1 aliphatic carbocycles. The molecule has 132 valence electrons. The topological polar surface area (TPSA) is 60.7 Å². The van der Waals surface area contributed by atoms with E-state index in [2.05, 4.69) is 26.8 Å². The predicted molar refractivity (Wildman–Crippen MR) is 96.1 cm³/mol. The molecule has 1 aliphatic rings. The molecule has 3 N–H and O–H groups in total. The van der Waals surface area contributed by atoms with Gasteiger partial charge in [-0.1, -0.05) is 49.3 Å². The molecule has 0 heterocycles. The first-order chi connectivity index (χ1) is 10.6. The largest absolute Gasteiger partial charge is 0.389 e. The second-order valence-electron chi connectivity index (χ2n) is 7.73. The van der Waals surface area contributed by atoms with Crippen molar-refractivity contribution in [2.24, 2.45) is 11.8 Å². The maximum Gasteiger partial charge on any atom is 0.0827 e. The Morgan fingerprint density at radius 2 is 1.70 bits per heavy atom. The van der Waals surface area contributed by atoms with Crippen molar-refractivity contribution < 1.29 is 15.3 Å². The van der Waals surface area contributed by atoms with Gasteiger partial charge >= 0.3 is 0 Å². The van der Waals surface area contributed by atoms with E-state index in [1.807, 2.05) is 19.1 Å². The predicted octanol–water partition coefficient (Wildman–Crippen LogP) is 3.75. The van der Waals surface area contributed by atoms with Gasteiger partial charge in [-0.3, -0.25) is 0 Å². The fourth-order valence-electron chi connectivity index (χ4n) is 3.12. The standard InChI is InChI=1S/C20H34O3/c1-14(2)17-7-6-15(3)10-18(21)11-16(4)12-19(22)13-20(5,23)9-8-17/h8-10,12,14,17-19,21-23H,6-7,11,13H2,1-5H3/b9-8+,15-10+,16-12+/t17-,18-,19+,20+/m0/s1. The first-order valence-electron chi connectivity index (χ1n) is 8.71. The van der Waals surface area contributed by atoms with E-state index in [1.165, 1.54) is 5.57 Å². The lowest BCUT2D eigenvalue weighted by Crippen LogP contribution is -2.27. The van der Waals surface area contributed by atoms with E-state index >= 15 is 0 Å². The molecule has 0 aromatic heterocycles. The summed E-state index contributed by atoms with van der Waals surface area (Å²) in [4.78, 5) is 0. The molecule has 0 spiro atoms. The van der Waals surface area contributed by atoms with Gasteiger partial charge in [0.15, 0.2) is 0 Å². The van der Waals surface area contributed by atoms with Crippen LogP contribution >= 0.6 is 0 Å². The summed E-state index contributed by atoms with van der Waals surface area (Å²) >= 11 is 0. The van der Waals surface area contributed by atoms with E-state index in [1.54, 1.807) is 13.0 Å². The molecule has 3 nitrogen and oxygen atoms in total. The number of aliphatic hydroxyl groups excluding tert-OH is 2. The van der Waals surface area contributed by atoms with Crippen LogP contribution in [0.25, 0.3) is 0 Å². The zero-order chi connectivity index (χ0) is 17.6. The van der Waals surface area contributed by atoms with Gasteiger partial charge in [0.05, 0.1) is 17.8 Å². The third-order valence-corrected chi connectivity index (χ3v) is 4.54. The molecule has 0 aromatic carbocycles. The average molecular weight is 322 g/mol. The van der Waals surface area contributed by atoms with Gasteiger partial charge in [-0.05, 0) is 51.9 Å². The van der Waals surface area contributed by atoms with Crippen molar-refractivity contribution in [1.29, 1.82) is 0 Å². The molecule has 0 saturated heterocycles. The third kappa shape index (κ3) is 7.96. The molecule has 4 atom stereocenters. The van der Waals surface area contributed by atoms with Crippen LogP contribution in [0.5, 0.6) is 0 Å². The van der Waals surface area contributed by atoms with Gasteiger partial charge in [0, 0.05) is 6.42 Å². The molecular formula is C20H34O3. The van der Waals surface area contributed by atoms with Gasteiger partial charge in [-0.25, -0.2) is 0 Å². The second-order valence-corrected chi connectivity index (χ2v) is 7.73. The highest BCUT2D eigenvalue weighted by molar-refractivity contribution is 5.12. The van der Waals surface area contributed by atoms with Crippen LogP contribution in [-0.4, -0.2) is 33.1 Å². The maximum atomic E-state index is 10.5. The lowest BCUT2D eigenvalue weighted by atomic mass is 9.86. The number of allylic oxidation sites excluding steroid dienone is 2. The van der Waals surface area contributed by atoms with E-state index in [-0.39, 0.29) is 6.42 Å². The zero-order valence-electron chi connectivity index (χ0n) is 15.3. The van der Waals surface area contributed by atoms with Crippen molar-refractivity contribution in [1.82, 2.24) is 0 Å². The highest BCUT2D eigenvalue weighted by Crippen LogP contribution is 2.25. The fourth-order valence-corrected chi connectivity index (χ4v) is 3.12. The van der Waals surface area contributed by atoms with Crippen molar-refractivity contribution >= 4 is 0 Å². The molecule has 1 rings (SSSR count). The van der Waals surface area contributed by atoms with Crippen LogP contribution in [-0.2, 0) is 0 Å². The Labute approximate surface area is 141 Å². The molecule has 0 unspecified atom stereocenters. The summed E-state index contributed by atoms with van der Waals surface area (Å²) in [5.41, 5.74) is 1.09. The number of rotatable bonds is 1. The van der Waals surface area contributed by atoms with E-state index < -0.39 is 17.8 Å². The molecule has 0 bridgehead atoms. The van der Waals surface area contributed by atoms with Gasteiger partial charge in [0.25, 0.3) is 0 Å². The minimum Gasteiger partial charge on any atom is -0.389 e. The van der Waals surface area contributed by atoms with E-state index in [9.17, 15) is 15.3 Å². The van der Waals surface area contributed by atoms with Gasteiger partial charge in [-0.15, -0.1) is 0 Å². The molecule has 0 fully saturated rings. The van der Waals surface area contributed by atoms with E-state index in [4.69, 9.17) is 0 Å². The third-order valence-electron chi connectivity index (χ3n) is 4.54. The smallest absolute Gasteiger partial charge is 0.0827 e. The Kier molecular flexibility index (Phi) is 7.72. The van der Waals surface area contributed by atoms with Gasteiger partial charge in [0.2, 0.25) is 0 Å². The lowest BCUT2D eigenvalue weighted by molar-refractivity contribution is 0.0564. The van der Waals surface area contributed by atoms with Crippen LogP contribution in [0.3, 0.4) is 0 Å². The summed E-state index contributed by atoms with van der Waals surface area (Å²) in [5.74, 6) is 0.860. The first-order valence-corrected chi connectivity index (χ1v) is 8.71. The van der Waals surface area contributed by atoms with Crippen molar-refractivity contribution in [3.05, 3.63) is 35.5 Å². The number of hydrogen-bond donors (Lipinski definition) is 3. The van der Waals surface area contributed by atoms with Gasteiger partial charge in [-0.2, -0.15) is 0 Å². The summed E-state index contributed by atoms with van der Waals surface area (Å²) in [6.07, 6.45) is 9.06. The van der Waals surface area contributed by atoms with Crippen molar-refractivity contribution in [3.8, 4) is 0 Å². The Morgan fingerprint density at radius 1 is 1.09 bits per heavy atom. The van der Waals surface area contributed by atoms with Crippen LogP contribution in [0.4, 0.5) is 0 Å². The molecule has 0 amide bonds. The Hall–Kier alpha value is -0.900. The molecule has 23 heavy (non-hydrogen) atoms. The normalized spacial score (nSPS) is 40.7. The second kappa shape index (κ2) is 8.81. The maximum absolute atomic E-state index is 10.5. The molecule has 0 saturated carbocycles. The monoisotopic (exact) mass is 322 g/mol. The Bertz CT molecular complexity index is 458. The summed E-state index contributed by atoms with van der Waals surface area (Å²) in [6, 6.07) is 0. The van der Waals surface area contributed by atoms with Crippen LogP contribution in [0.1, 0.15) is 60.3 Å². The highest BCUT2D eigenvalue weighted by atomic mass is 16.3. The summed E-state index contributed by atoms with van der Waals surface area (Å²) in [6.45, 7) is 10.1. The Balaban J connectivity index is 3.05. The van der Waals surface area contributed by atoms with E-state index in [0.29, 0.717) is 18.3 Å². The first kappa shape index (κ1) is 20.1. The van der Waals surface area contributed by atoms with Crippen molar-refractivity contribution in [2.45, 2.75) is 78.1 Å². The minimum absolute atomic E-state index is 0.261. The van der Waals surface area contributed by atoms with Gasteiger partial charge < -0.3 is 15.3 Å². The molecule has 3 heteroatoms. The van der Waals surface area contributed by atoms with E-state index in [0.717, 1.165) is 18.4 Å². The fraction of sp³-hybridized carbons (Fsp3) is 0.700. The van der Waals surface area contributed by atoms with Gasteiger partial charge in [0.1, 0.15) is 0 Å². The summed E-state index contributed by atoms with van der Waals surface area (Å²) in [5, 5.41) is 30.8. The van der Waals surface area contributed by atoms with Crippen molar-refractivity contribution in [3.63, 3.8) is 0 Å². The summed E-state index contributed by atoms with van der Waals surface area (Å²) in [7, 11) is 0. The molecule has 0 aliphatic heterocycles. The van der Waals surface area contributed by atoms with Crippen LogP contribution < -0.4 is 0 Å². The average Bonchev–Trinajstić information content (AvgIpc) is 2.35.